The smallest absolute Gasteiger partial charge is 0.433 e. The number of thiazole rings is 1. The number of nitrogens with one attached hydrogen (secondary N) is 1. The first-order valence-corrected chi connectivity index (χ1v) is 6.73. The number of rotatable bonds is 3. The van der Waals surface area contributed by atoms with E-state index in [2.05, 4.69) is 10.4 Å². The summed E-state index contributed by atoms with van der Waals surface area (Å²) in [5.41, 5.74) is 2.63. The van der Waals surface area contributed by atoms with E-state index in [1.807, 2.05) is 0 Å². The summed E-state index contributed by atoms with van der Waals surface area (Å²) in [6.45, 7) is 2.09. The van der Waals surface area contributed by atoms with Crippen LogP contribution in [0.1, 0.15) is 17.4 Å². The summed E-state index contributed by atoms with van der Waals surface area (Å²) in [7, 11) is 0. The molecule has 0 aliphatic carbocycles. The van der Waals surface area contributed by atoms with Gasteiger partial charge < -0.3 is 13.1 Å². The summed E-state index contributed by atoms with van der Waals surface area (Å²) in [5.74, 6) is 4.66. The van der Waals surface area contributed by atoms with Crippen molar-refractivity contribution in [3.8, 4) is 0 Å². The van der Waals surface area contributed by atoms with E-state index in [4.69, 9.17) is 23.2 Å². The molecule has 0 unspecified atom stereocenters. The Morgan fingerprint density at radius 2 is 2.38 bits per heavy atom. The van der Waals surface area contributed by atoms with Gasteiger partial charge in [-0.3, -0.25) is 5.43 Å². The highest BCUT2D eigenvalue weighted by Gasteiger charge is 2.10. The molecule has 4 N–H and O–H groups in total. The number of aromatic nitrogens is 1. The van der Waals surface area contributed by atoms with Crippen molar-refractivity contribution in [2.75, 3.05) is 12.0 Å². The molecule has 0 spiro atoms. The minimum absolute atomic E-state index is 0.287. The van der Waals surface area contributed by atoms with Crippen LogP contribution in [0.15, 0.2) is 5.38 Å². The van der Waals surface area contributed by atoms with E-state index in [-0.39, 0.29) is 5.69 Å². The molecule has 0 aliphatic rings. The van der Waals surface area contributed by atoms with Gasteiger partial charge in [-0.1, -0.05) is 0 Å². The molecule has 0 saturated heterocycles. The second-order valence-corrected chi connectivity index (χ2v) is 3.81. The zero-order valence-electron chi connectivity index (χ0n) is 8.18. The molecule has 0 fully saturated rings. The van der Waals surface area contributed by atoms with Gasteiger partial charge in [-0.25, -0.2) is 15.6 Å². The monoisotopic (exact) mass is 315 g/mol. The maximum absolute atomic E-state index is 11.0. The number of hydrogen-bond acceptors (Lipinski definition) is 9. The van der Waals surface area contributed by atoms with Gasteiger partial charge >= 0.3 is 20.8 Å². The van der Waals surface area contributed by atoms with Crippen LogP contribution in [0.4, 0.5) is 5.13 Å². The molecular formula is C6H10BrN3O5S. The minimum Gasteiger partial charge on any atom is -0.461 e. The van der Waals surface area contributed by atoms with Crippen LogP contribution in [0, 0.1) is 14.8 Å². The summed E-state index contributed by atoms with van der Waals surface area (Å²) in [4.78, 5) is 14.9. The molecule has 92 valence electrons. The van der Waals surface area contributed by atoms with E-state index in [0.29, 0.717) is 11.7 Å². The second-order valence-electron chi connectivity index (χ2n) is 2.10. The number of hydrogen-bond donors (Lipinski definition) is 3. The third-order valence-corrected chi connectivity index (χ3v) is 1.89. The Morgan fingerprint density at radius 3 is 2.75 bits per heavy atom. The number of ether oxygens (including phenoxy) is 1. The molecule has 1 heterocycles. The molecule has 8 nitrogen and oxygen atoms in total. The molecule has 0 radical (unpaired) electrons. The number of nitrogens with zero attached hydrogens (tertiary/aromatic N) is 1. The van der Waals surface area contributed by atoms with Crippen molar-refractivity contribution in [1.29, 1.82) is 0 Å². The highest BCUT2D eigenvalue weighted by Crippen LogP contribution is 2.14. The molecule has 1 aromatic heterocycles. The number of nitrogens with two attached hydrogens (primary N) is 1. The number of nitrogen functional groups attached to an aromatic ring is 1. The van der Waals surface area contributed by atoms with Crippen LogP contribution in [-0.4, -0.2) is 21.8 Å². The number of hydrazine groups is 1. The van der Waals surface area contributed by atoms with Crippen LogP contribution in [0.5, 0.6) is 0 Å². The standard InChI is InChI=1S/C6H9N3O2S.BrHO3/c1-2-11-5(10)4-3-12-6(8-4)9-7;2-1(3)4/h3H,2,7H2,1H3,(H,8,9);2H. The van der Waals surface area contributed by atoms with Crippen molar-refractivity contribution in [2.45, 2.75) is 6.92 Å². The minimum atomic E-state index is -3.40. The Hall–Kier alpha value is -0.780. The van der Waals surface area contributed by atoms with E-state index >= 15 is 0 Å². The van der Waals surface area contributed by atoms with Crippen molar-refractivity contribution in [2.24, 2.45) is 5.84 Å². The van der Waals surface area contributed by atoms with Crippen LogP contribution < -0.4 is 19.7 Å². The Morgan fingerprint density at radius 1 is 1.81 bits per heavy atom. The second kappa shape index (κ2) is 8.38. The van der Waals surface area contributed by atoms with Gasteiger partial charge in [0.1, 0.15) is 0 Å². The lowest BCUT2D eigenvalue weighted by atomic mass is 10.5. The summed E-state index contributed by atoms with van der Waals surface area (Å²) in [6.07, 6.45) is 0. The Labute approximate surface area is 100 Å². The molecule has 0 amide bonds. The largest absolute Gasteiger partial charge is 0.461 e. The number of carbonyl (C=O) groups is 1. The zero-order chi connectivity index (χ0) is 12.6. The van der Waals surface area contributed by atoms with Crippen molar-refractivity contribution in [3.63, 3.8) is 0 Å². The fourth-order valence-electron chi connectivity index (χ4n) is 0.639. The predicted molar refractivity (Wildman–Crippen MR) is 48.1 cm³/mol. The van der Waals surface area contributed by atoms with Gasteiger partial charge in [0, 0.05) is 5.38 Å². The highest BCUT2D eigenvalue weighted by molar-refractivity contribution is 7.13. The summed E-state index contributed by atoms with van der Waals surface area (Å²) in [6, 6.07) is 0. The van der Waals surface area contributed by atoms with Gasteiger partial charge in [-0.15, -0.1) is 11.3 Å². The van der Waals surface area contributed by atoms with Gasteiger partial charge in [0.15, 0.2) is 10.8 Å². The zero-order valence-corrected chi connectivity index (χ0v) is 10.6. The van der Waals surface area contributed by atoms with Crippen LogP contribution >= 0.6 is 11.3 Å². The molecule has 0 saturated carbocycles. The van der Waals surface area contributed by atoms with Gasteiger partial charge in [-0.2, -0.15) is 0 Å². The third-order valence-electron chi connectivity index (χ3n) is 1.11. The molecular weight excluding hydrogens is 306 g/mol. The molecule has 1 rings (SSSR count). The van der Waals surface area contributed by atoms with Crippen molar-refractivity contribution < 1.29 is 36.9 Å². The van der Waals surface area contributed by atoms with Gasteiger partial charge in [0.2, 0.25) is 0 Å². The fraction of sp³-hybridized carbons (Fsp3) is 0.333. The fourth-order valence-corrected chi connectivity index (χ4v) is 1.23. The first-order valence-electron chi connectivity index (χ1n) is 3.85. The van der Waals surface area contributed by atoms with Crippen LogP contribution in [-0.2, 0) is 4.74 Å². The van der Waals surface area contributed by atoms with Gasteiger partial charge in [-0.05, 0) is 11.1 Å². The Bertz CT molecular complexity index is 318. The van der Waals surface area contributed by atoms with Crippen molar-refractivity contribution >= 4 is 22.4 Å². The molecule has 16 heavy (non-hydrogen) atoms. The van der Waals surface area contributed by atoms with E-state index in [9.17, 15) is 4.79 Å². The van der Waals surface area contributed by atoms with Gasteiger partial charge in [0.25, 0.3) is 0 Å². The van der Waals surface area contributed by atoms with E-state index < -0.39 is 20.8 Å². The maximum atomic E-state index is 11.0. The van der Waals surface area contributed by atoms with Crippen LogP contribution in [0.25, 0.3) is 0 Å². The number of carbonyl (C=O) groups excluding carboxylic acids is 1. The topological polar surface area (TPSA) is 144 Å². The molecule has 0 aliphatic heterocycles. The quantitative estimate of drug-likeness (QED) is 0.320. The molecule has 1 aromatic rings. The van der Waals surface area contributed by atoms with E-state index in [0.717, 1.165) is 0 Å². The molecule has 0 aromatic carbocycles. The van der Waals surface area contributed by atoms with Crippen LogP contribution in [0.2, 0.25) is 0 Å². The summed E-state index contributed by atoms with van der Waals surface area (Å²) >= 11 is -2.14. The average molecular weight is 316 g/mol. The lowest BCUT2D eigenvalue weighted by Crippen LogP contribution is -2.30. The lowest BCUT2D eigenvalue weighted by molar-refractivity contribution is -1.63. The van der Waals surface area contributed by atoms with Crippen molar-refractivity contribution in [1.82, 2.24) is 4.98 Å². The van der Waals surface area contributed by atoms with E-state index in [1.165, 1.54) is 11.3 Å². The first kappa shape index (κ1) is 15.2. The molecule has 0 atom stereocenters. The van der Waals surface area contributed by atoms with Gasteiger partial charge in [0.05, 0.1) is 6.61 Å². The number of halogens is 1. The highest BCUT2D eigenvalue weighted by atomic mass is 80.0. The Kier molecular flexibility index (Phi) is 7.97. The van der Waals surface area contributed by atoms with Crippen LogP contribution in [0.3, 0.4) is 0 Å². The Balaban J connectivity index is 0.000000487. The predicted octanol–water partition coefficient (Wildman–Crippen LogP) is -2.33. The maximum Gasteiger partial charge on any atom is 0.433 e. The van der Waals surface area contributed by atoms with Crippen molar-refractivity contribution in [3.05, 3.63) is 11.1 Å². The first-order chi connectivity index (χ1) is 7.51. The third kappa shape index (κ3) is 6.66. The normalized spacial score (nSPS) is 9.38. The summed E-state index contributed by atoms with van der Waals surface area (Å²) < 4.78 is 29.0. The number of esters is 1. The number of anilines is 1. The SMILES string of the molecule is CCOC(=O)c1csc(NN)n1.[O-][Br+2]([O-])O. The summed E-state index contributed by atoms with van der Waals surface area (Å²) in [5, 5.41) is 2.09. The molecule has 0 bridgehead atoms. The lowest BCUT2D eigenvalue weighted by Gasteiger charge is -1.95. The average Bonchev–Trinajstić information content (AvgIpc) is 2.65. The van der Waals surface area contributed by atoms with E-state index in [1.54, 1.807) is 12.3 Å². The molecule has 10 heteroatoms.